The van der Waals surface area contributed by atoms with Gasteiger partial charge in [-0.05, 0) is 55.0 Å². The summed E-state index contributed by atoms with van der Waals surface area (Å²) >= 11 is 0.272. The number of hydrogen-bond donors (Lipinski definition) is 1. The molecule has 3 aromatic rings. The summed E-state index contributed by atoms with van der Waals surface area (Å²) in [4.78, 5) is 30.7. The van der Waals surface area contributed by atoms with E-state index in [1.807, 2.05) is 12.1 Å². The topological polar surface area (TPSA) is 83.0 Å². The lowest BCUT2D eigenvalue weighted by Crippen LogP contribution is -2.54. The van der Waals surface area contributed by atoms with E-state index in [0.29, 0.717) is 11.5 Å². The van der Waals surface area contributed by atoms with E-state index in [1.165, 1.54) is 33.8 Å². The Morgan fingerprint density at radius 1 is 0.977 bits per heavy atom. The molecule has 0 radical (unpaired) electrons. The van der Waals surface area contributed by atoms with Crippen LogP contribution in [0.2, 0.25) is 0 Å². The highest BCUT2D eigenvalue weighted by Gasteiger charge is 2.40. The van der Waals surface area contributed by atoms with Crippen molar-refractivity contribution < 1.29 is 41.4 Å². The minimum absolute atomic E-state index is 0.00861. The van der Waals surface area contributed by atoms with Crippen molar-refractivity contribution in [1.82, 2.24) is 9.29 Å². The van der Waals surface area contributed by atoms with Gasteiger partial charge in [-0.3, -0.25) is 9.78 Å². The van der Waals surface area contributed by atoms with E-state index in [1.54, 1.807) is 6.20 Å². The molecule has 2 aromatic carbocycles. The van der Waals surface area contributed by atoms with Crippen LogP contribution in [-0.4, -0.2) is 46.0 Å². The van der Waals surface area contributed by atoms with E-state index in [4.69, 9.17) is 0 Å². The molecule has 0 spiro atoms. The van der Waals surface area contributed by atoms with Crippen LogP contribution in [0.25, 0.3) is 0 Å². The summed E-state index contributed by atoms with van der Waals surface area (Å²) < 4.78 is 75.8. The molecule has 1 aliphatic carbocycles. The molecule has 2 heterocycles. The highest BCUT2D eigenvalue weighted by atomic mass is 32.2. The van der Waals surface area contributed by atoms with E-state index < -0.39 is 57.6 Å². The van der Waals surface area contributed by atoms with Crippen LogP contribution in [0.1, 0.15) is 66.1 Å². The molecule has 1 saturated heterocycles. The van der Waals surface area contributed by atoms with Crippen molar-refractivity contribution in [2.75, 3.05) is 18.6 Å². The van der Waals surface area contributed by atoms with Crippen LogP contribution >= 0.6 is 11.9 Å². The number of methoxy groups -OCH3 is 1. The monoisotopic (exact) mass is 621 g/mol. The average Bonchev–Trinajstić information content (AvgIpc) is 3.01. The molecule has 1 atom stereocenters. The van der Waals surface area contributed by atoms with Crippen LogP contribution in [0.3, 0.4) is 0 Å². The minimum atomic E-state index is -2.26. The summed E-state index contributed by atoms with van der Waals surface area (Å²) in [5.41, 5.74) is 1.71. The summed E-state index contributed by atoms with van der Waals surface area (Å²) in [5.74, 6) is -11.8. The smallest absolute Gasteiger partial charge is 0.341 e. The van der Waals surface area contributed by atoms with Crippen LogP contribution in [-0.2, 0) is 16.1 Å². The fourth-order valence-electron chi connectivity index (χ4n) is 5.30. The summed E-state index contributed by atoms with van der Waals surface area (Å²) in [7, 11) is 1.16. The SMILES string of the molecule is COC(=O)c1ccc(N(Cc2ccc(C3CCCCC3)nc2)C(=O)[C@H]2CCN2Sc2c(F)c(F)c(F)c(F)c2F)cc1O. The molecular formula is C30H28F5N3O4S. The number of phenols is 1. The van der Waals surface area contributed by atoms with E-state index in [9.17, 15) is 36.6 Å². The Bertz CT molecular complexity index is 1510. The highest BCUT2D eigenvalue weighted by Crippen LogP contribution is 2.39. The number of rotatable bonds is 8. The van der Waals surface area contributed by atoms with E-state index in [0.717, 1.165) is 38.5 Å². The number of esters is 1. The number of anilines is 1. The molecule has 1 amide bonds. The Hall–Kier alpha value is -3.71. The maximum absolute atomic E-state index is 14.4. The molecule has 1 aliphatic heterocycles. The van der Waals surface area contributed by atoms with Crippen LogP contribution in [0, 0.1) is 29.1 Å². The van der Waals surface area contributed by atoms with Gasteiger partial charge < -0.3 is 14.7 Å². The molecule has 2 aliphatic rings. The Morgan fingerprint density at radius 3 is 2.21 bits per heavy atom. The van der Waals surface area contributed by atoms with Crippen molar-refractivity contribution in [3.63, 3.8) is 0 Å². The van der Waals surface area contributed by atoms with Crippen LogP contribution in [0.5, 0.6) is 5.75 Å². The zero-order valence-electron chi connectivity index (χ0n) is 23.1. The maximum Gasteiger partial charge on any atom is 0.341 e. The van der Waals surface area contributed by atoms with Gasteiger partial charge in [-0.15, -0.1) is 0 Å². The molecule has 228 valence electrons. The van der Waals surface area contributed by atoms with Gasteiger partial charge in [-0.2, -0.15) is 0 Å². The molecule has 7 nitrogen and oxygen atoms in total. The van der Waals surface area contributed by atoms with Crippen molar-refractivity contribution in [3.8, 4) is 5.75 Å². The molecule has 2 fully saturated rings. The summed E-state index contributed by atoms with van der Waals surface area (Å²) in [6.45, 7) is 0.129. The van der Waals surface area contributed by atoms with Crippen molar-refractivity contribution in [1.29, 1.82) is 0 Å². The predicted octanol–water partition coefficient (Wildman–Crippen LogP) is 6.63. The minimum Gasteiger partial charge on any atom is -0.507 e. The van der Waals surface area contributed by atoms with Gasteiger partial charge in [0.25, 0.3) is 0 Å². The number of carbonyl (C=O) groups excluding carboxylic acids is 2. The number of amides is 1. The quantitative estimate of drug-likeness (QED) is 0.0994. The third-order valence-electron chi connectivity index (χ3n) is 7.81. The number of nitrogens with zero attached hydrogens (tertiary/aromatic N) is 3. The van der Waals surface area contributed by atoms with E-state index in [2.05, 4.69) is 9.72 Å². The number of aromatic hydroxyl groups is 1. The van der Waals surface area contributed by atoms with Crippen molar-refractivity contribution >= 4 is 29.5 Å². The Kier molecular flexibility index (Phi) is 9.21. The van der Waals surface area contributed by atoms with Crippen molar-refractivity contribution in [2.24, 2.45) is 0 Å². The van der Waals surface area contributed by atoms with Gasteiger partial charge >= 0.3 is 5.97 Å². The number of benzene rings is 2. The van der Waals surface area contributed by atoms with Gasteiger partial charge in [0.1, 0.15) is 22.3 Å². The molecule has 0 unspecified atom stereocenters. The molecule has 1 saturated carbocycles. The largest absolute Gasteiger partial charge is 0.507 e. The molecule has 43 heavy (non-hydrogen) atoms. The van der Waals surface area contributed by atoms with Crippen LogP contribution < -0.4 is 4.90 Å². The maximum atomic E-state index is 14.4. The third-order valence-corrected chi connectivity index (χ3v) is 9.02. The predicted molar refractivity (Wildman–Crippen MR) is 148 cm³/mol. The lowest BCUT2D eigenvalue weighted by molar-refractivity contribution is -0.124. The first-order valence-electron chi connectivity index (χ1n) is 13.7. The number of aromatic nitrogens is 1. The lowest BCUT2D eigenvalue weighted by atomic mass is 9.86. The fraction of sp³-hybridized carbons (Fsp3) is 0.367. The number of ether oxygens (including phenoxy) is 1. The van der Waals surface area contributed by atoms with Crippen molar-refractivity contribution in [2.45, 2.75) is 61.9 Å². The summed E-state index contributed by atoms with van der Waals surface area (Å²) in [6, 6.07) is 6.73. The number of phenolic OH excluding ortho intramolecular Hbond substituents is 1. The molecule has 1 N–H and O–H groups in total. The zero-order chi connectivity index (χ0) is 30.8. The van der Waals surface area contributed by atoms with Gasteiger partial charge in [0.15, 0.2) is 23.3 Å². The molecule has 5 rings (SSSR count). The number of hydrogen-bond acceptors (Lipinski definition) is 7. The lowest BCUT2D eigenvalue weighted by Gasteiger charge is -2.41. The number of halogens is 5. The fourth-order valence-corrected chi connectivity index (χ4v) is 6.39. The van der Waals surface area contributed by atoms with E-state index in [-0.39, 0.29) is 42.7 Å². The average molecular weight is 622 g/mol. The normalized spacial score (nSPS) is 17.4. The molecule has 13 heteroatoms. The Morgan fingerprint density at radius 2 is 1.65 bits per heavy atom. The summed E-state index contributed by atoms with van der Waals surface area (Å²) in [6.07, 6.45) is 7.50. The first kappa shape index (κ1) is 30.7. The van der Waals surface area contributed by atoms with Crippen molar-refractivity contribution in [3.05, 3.63) is 82.4 Å². The molecular weight excluding hydrogens is 593 g/mol. The van der Waals surface area contributed by atoms with Gasteiger partial charge in [-0.1, -0.05) is 25.3 Å². The second-order valence-corrected chi connectivity index (χ2v) is 11.5. The third kappa shape index (κ3) is 6.19. The first-order valence-corrected chi connectivity index (χ1v) is 14.5. The standard InChI is InChI=1S/C30H28F5N3O4S/c1-42-30(41)19-9-8-18(13-22(19)39)37(15-16-7-10-20(36-14-16)17-5-3-2-4-6-17)29(40)21-11-12-38(21)43-28-26(34)24(32)23(31)25(33)27(28)35/h7-10,13-14,17,21,39H,2-6,11-12,15H2,1H3/t21-/m1/s1. The second-order valence-electron chi connectivity index (χ2n) is 10.5. The first-order chi connectivity index (χ1) is 20.6. The molecule has 0 bridgehead atoms. The zero-order valence-corrected chi connectivity index (χ0v) is 23.9. The van der Waals surface area contributed by atoms with Crippen LogP contribution in [0.15, 0.2) is 41.4 Å². The Balaban J connectivity index is 1.42. The van der Waals surface area contributed by atoms with Gasteiger partial charge in [0, 0.05) is 36.1 Å². The van der Waals surface area contributed by atoms with Gasteiger partial charge in [0.05, 0.1) is 13.7 Å². The van der Waals surface area contributed by atoms with E-state index >= 15 is 0 Å². The van der Waals surface area contributed by atoms with Gasteiger partial charge in [0.2, 0.25) is 11.7 Å². The van der Waals surface area contributed by atoms with Crippen LogP contribution in [0.4, 0.5) is 27.6 Å². The second kappa shape index (κ2) is 12.9. The number of pyridine rings is 1. The Labute approximate surface area is 248 Å². The highest BCUT2D eigenvalue weighted by molar-refractivity contribution is 7.97. The number of carbonyl (C=O) groups is 2. The summed E-state index contributed by atoms with van der Waals surface area (Å²) in [5, 5.41) is 10.5. The van der Waals surface area contributed by atoms with Gasteiger partial charge in [-0.25, -0.2) is 31.1 Å². The molecule has 1 aromatic heterocycles.